The van der Waals surface area contributed by atoms with Crippen LogP contribution in [0.15, 0.2) is 180 Å². The van der Waals surface area contributed by atoms with Crippen molar-refractivity contribution in [1.29, 1.82) is 0 Å². The Morgan fingerprint density at radius 1 is 0.491 bits per heavy atom. The Morgan fingerprint density at radius 2 is 1.17 bits per heavy atom. The van der Waals surface area contributed by atoms with Crippen molar-refractivity contribution in [3.05, 3.63) is 187 Å². The van der Waals surface area contributed by atoms with Crippen LogP contribution in [-0.2, 0) is 6.42 Å². The molecule has 1 heterocycles. The monoisotopic (exact) mass is 679 g/mol. The molecule has 0 spiro atoms. The van der Waals surface area contributed by atoms with Crippen LogP contribution in [0, 0.1) is 0 Å². The number of hydrogen-bond donors (Lipinski definition) is 1. The number of aryl methyl sites for hydroxylation is 1. The van der Waals surface area contributed by atoms with Gasteiger partial charge in [0.2, 0.25) is 0 Å². The molecule has 2 heteroatoms. The molecule has 0 fully saturated rings. The lowest BCUT2D eigenvalue weighted by Crippen LogP contribution is -1.96. The summed E-state index contributed by atoms with van der Waals surface area (Å²) < 4.78 is 6.55. The summed E-state index contributed by atoms with van der Waals surface area (Å²) in [4.78, 5) is 0. The number of furan rings is 1. The summed E-state index contributed by atoms with van der Waals surface area (Å²) in [7, 11) is 0. The Labute approximate surface area is 309 Å². The second-order valence-corrected chi connectivity index (χ2v) is 14.1. The quantitative estimate of drug-likeness (QED) is 0.189. The van der Waals surface area contributed by atoms with Crippen molar-refractivity contribution in [3.8, 4) is 44.5 Å². The molecule has 10 rings (SSSR count). The van der Waals surface area contributed by atoms with Crippen molar-refractivity contribution in [2.45, 2.75) is 19.8 Å². The predicted molar refractivity (Wildman–Crippen MR) is 225 cm³/mol. The summed E-state index contributed by atoms with van der Waals surface area (Å²) in [6, 6.07) is 61.5. The smallest absolute Gasteiger partial charge is 0.142 e. The molecule has 9 aromatic rings. The highest BCUT2D eigenvalue weighted by atomic mass is 16.3. The van der Waals surface area contributed by atoms with E-state index >= 15 is 0 Å². The number of allylic oxidation sites excluding steroid dienone is 2. The molecule has 1 aromatic heterocycles. The van der Waals surface area contributed by atoms with Gasteiger partial charge in [0.05, 0.1) is 0 Å². The molecule has 8 aromatic carbocycles. The number of hydrogen-bond acceptors (Lipinski definition) is 2. The fourth-order valence-electron chi connectivity index (χ4n) is 8.31. The average Bonchev–Trinajstić information content (AvgIpc) is 3.61. The Morgan fingerprint density at radius 3 is 2.02 bits per heavy atom. The van der Waals surface area contributed by atoms with Gasteiger partial charge in [0.25, 0.3) is 0 Å². The van der Waals surface area contributed by atoms with Crippen LogP contribution in [0.3, 0.4) is 0 Å². The molecule has 0 atom stereocenters. The van der Waals surface area contributed by atoms with Gasteiger partial charge in [0.15, 0.2) is 0 Å². The summed E-state index contributed by atoms with van der Waals surface area (Å²) in [6.07, 6.45) is 4.38. The molecule has 53 heavy (non-hydrogen) atoms. The fraction of sp³-hybridized carbons (Fsp3) is 0.0588. The summed E-state index contributed by atoms with van der Waals surface area (Å²) >= 11 is 0. The van der Waals surface area contributed by atoms with E-state index in [1.54, 1.807) is 0 Å². The number of para-hydroxylation sites is 1. The van der Waals surface area contributed by atoms with E-state index in [0.29, 0.717) is 0 Å². The van der Waals surface area contributed by atoms with Crippen LogP contribution in [0.25, 0.3) is 82.6 Å². The lowest BCUT2D eigenvalue weighted by atomic mass is 9.87. The second kappa shape index (κ2) is 12.8. The second-order valence-electron chi connectivity index (χ2n) is 14.1. The zero-order chi connectivity index (χ0) is 35.3. The summed E-state index contributed by atoms with van der Waals surface area (Å²) in [5, 5.41) is 10.0. The van der Waals surface area contributed by atoms with Crippen molar-refractivity contribution >= 4 is 49.5 Å². The first kappa shape index (κ1) is 31.1. The molecule has 0 bridgehead atoms. The van der Waals surface area contributed by atoms with E-state index < -0.39 is 0 Å². The minimum atomic E-state index is 0.976. The SMILES string of the molecule is CC1=CCCc2c1oc1c(-c3ccc(Nc4ccc(-c5cccc6ccccc56)cc4-c4ccc5ccccc5c4-c4ccccc4)cc3)cccc21. The van der Waals surface area contributed by atoms with Crippen LogP contribution in [0.1, 0.15) is 24.7 Å². The van der Waals surface area contributed by atoms with Gasteiger partial charge in [-0.25, -0.2) is 0 Å². The molecule has 1 aliphatic rings. The van der Waals surface area contributed by atoms with E-state index in [0.717, 1.165) is 52.3 Å². The molecule has 0 amide bonds. The van der Waals surface area contributed by atoms with E-state index in [4.69, 9.17) is 4.42 Å². The van der Waals surface area contributed by atoms with Gasteiger partial charge in [-0.15, -0.1) is 0 Å². The number of nitrogens with one attached hydrogen (secondary N) is 1. The van der Waals surface area contributed by atoms with Crippen molar-refractivity contribution in [2.24, 2.45) is 0 Å². The Balaban J connectivity index is 1.11. The maximum absolute atomic E-state index is 6.55. The van der Waals surface area contributed by atoms with E-state index in [2.05, 4.69) is 188 Å². The highest BCUT2D eigenvalue weighted by Gasteiger charge is 2.21. The molecule has 0 aliphatic heterocycles. The Hall–Kier alpha value is -6.64. The van der Waals surface area contributed by atoms with Crippen molar-refractivity contribution < 1.29 is 4.42 Å². The standard InChI is InChI=1S/C51H37NO/c1-33-12-9-22-45-46-23-11-21-43(51(46)53-50(33)45)36-24-28-39(29-25-36)52-48-31-27-38(41-20-10-17-34-13-5-7-18-40(34)41)32-47(48)44-30-26-35-14-6-8-19-42(35)49(44)37-15-3-2-4-16-37/h2-8,10-21,23-32,52H,9,22H2,1H3. The highest BCUT2D eigenvalue weighted by Crippen LogP contribution is 2.44. The maximum Gasteiger partial charge on any atom is 0.142 e. The normalized spacial score (nSPS) is 12.6. The molecule has 0 saturated heterocycles. The summed E-state index contributed by atoms with van der Waals surface area (Å²) in [5.41, 5.74) is 15.1. The molecule has 1 aliphatic carbocycles. The maximum atomic E-state index is 6.55. The number of benzene rings is 8. The average molecular weight is 680 g/mol. The molecule has 2 nitrogen and oxygen atoms in total. The first-order valence-corrected chi connectivity index (χ1v) is 18.5. The third-order valence-corrected chi connectivity index (χ3v) is 10.9. The molecule has 1 N–H and O–H groups in total. The first-order valence-electron chi connectivity index (χ1n) is 18.5. The van der Waals surface area contributed by atoms with E-state index in [-0.39, 0.29) is 0 Å². The molecular formula is C51H37NO. The van der Waals surface area contributed by atoms with Gasteiger partial charge < -0.3 is 9.73 Å². The predicted octanol–water partition coefficient (Wildman–Crippen LogP) is 14.5. The topological polar surface area (TPSA) is 25.2 Å². The Bertz CT molecular complexity index is 2850. The number of rotatable bonds is 6. The van der Waals surface area contributed by atoms with Gasteiger partial charge in [-0.3, -0.25) is 0 Å². The van der Waals surface area contributed by atoms with Crippen LogP contribution in [0.5, 0.6) is 0 Å². The minimum absolute atomic E-state index is 0.976. The minimum Gasteiger partial charge on any atom is -0.455 e. The van der Waals surface area contributed by atoms with Crippen molar-refractivity contribution in [3.63, 3.8) is 0 Å². The van der Waals surface area contributed by atoms with Crippen LogP contribution in [-0.4, -0.2) is 0 Å². The number of anilines is 2. The molecule has 0 radical (unpaired) electrons. The zero-order valence-corrected chi connectivity index (χ0v) is 29.6. The van der Waals surface area contributed by atoms with Crippen LogP contribution in [0.2, 0.25) is 0 Å². The largest absolute Gasteiger partial charge is 0.455 e. The van der Waals surface area contributed by atoms with Crippen LogP contribution >= 0.6 is 0 Å². The summed E-state index contributed by atoms with van der Waals surface area (Å²) in [5.74, 6) is 1.04. The zero-order valence-electron chi connectivity index (χ0n) is 29.6. The molecular weight excluding hydrogens is 643 g/mol. The third-order valence-electron chi connectivity index (χ3n) is 10.9. The van der Waals surface area contributed by atoms with Gasteiger partial charge >= 0.3 is 0 Å². The Kier molecular flexibility index (Phi) is 7.54. The van der Waals surface area contributed by atoms with Crippen LogP contribution < -0.4 is 5.32 Å². The number of fused-ring (bicyclic) bond motifs is 5. The van der Waals surface area contributed by atoms with E-state index in [9.17, 15) is 0 Å². The van der Waals surface area contributed by atoms with E-state index in [1.807, 2.05) is 0 Å². The first-order chi connectivity index (χ1) is 26.2. The van der Waals surface area contributed by atoms with Crippen molar-refractivity contribution in [1.82, 2.24) is 0 Å². The molecule has 252 valence electrons. The molecule has 0 unspecified atom stereocenters. The fourth-order valence-corrected chi connectivity index (χ4v) is 8.31. The van der Waals surface area contributed by atoms with Crippen LogP contribution in [0.4, 0.5) is 11.4 Å². The van der Waals surface area contributed by atoms with Gasteiger partial charge in [-0.2, -0.15) is 0 Å². The lowest BCUT2D eigenvalue weighted by Gasteiger charge is -2.20. The summed E-state index contributed by atoms with van der Waals surface area (Å²) in [6.45, 7) is 2.16. The third kappa shape index (κ3) is 5.43. The highest BCUT2D eigenvalue weighted by molar-refractivity contribution is 6.07. The van der Waals surface area contributed by atoms with Crippen molar-refractivity contribution in [2.75, 3.05) is 5.32 Å². The lowest BCUT2D eigenvalue weighted by molar-refractivity contribution is 0.590. The van der Waals surface area contributed by atoms with Gasteiger partial charge in [0.1, 0.15) is 11.3 Å². The van der Waals surface area contributed by atoms with Gasteiger partial charge in [-0.05, 0) is 105 Å². The van der Waals surface area contributed by atoms with Gasteiger partial charge in [0, 0.05) is 33.5 Å². The molecule has 0 saturated carbocycles. The van der Waals surface area contributed by atoms with Gasteiger partial charge in [-0.1, -0.05) is 152 Å². The van der Waals surface area contributed by atoms with E-state index in [1.165, 1.54) is 65.9 Å².